The molecule has 1 saturated carbocycles. The summed E-state index contributed by atoms with van der Waals surface area (Å²) in [6, 6.07) is 1.14. The van der Waals surface area contributed by atoms with Crippen molar-refractivity contribution in [2.45, 2.75) is 65.1 Å². The molecule has 1 heterocycles. The first-order valence-corrected chi connectivity index (χ1v) is 7.84. The summed E-state index contributed by atoms with van der Waals surface area (Å²) in [5.41, 5.74) is 7.18. The minimum absolute atomic E-state index is 0.435. The van der Waals surface area contributed by atoms with E-state index in [1.165, 1.54) is 41.3 Å². The molecule has 0 aliphatic heterocycles. The fourth-order valence-electron chi connectivity index (χ4n) is 2.75. The lowest BCUT2D eigenvalue weighted by atomic mass is 9.91. The highest BCUT2D eigenvalue weighted by Crippen LogP contribution is 2.25. The summed E-state index contributed by atoms with van der Waals surface area (Å²) in [6.45, 7) is 8.63. The zero-order valence-electron chi connectivity index (χ0n) is 11.8. The quantitative estimate of drug-likeness (QED) is 0.912. The van der Waals surface area contributed by atoms with E-state index in [0.29, 0.717) is 12.1 Å². The number of thiazole rings is 1. The molecule has 3 nitrogen and oxygen atoms in total. The Balaban J connectivity index is 1.96. The summed E-state index contributed by atoms with van der Waals surface area (Å²) < 4.78 is 0. The van der Waals surface area contributed by atoms with Gasteiger partial charge >= 0.3 is 0 Å². The van der Waals surface area contributed by atoms with Crippen molar-refractivity contribution in [2.24, 2.45) is 5.73 Å². The summed E-state index contributed by atoms with van der Waals surface area (Å²) in [5, 5.41) is 1.27. The zero-order chi connectivity index (χ0) is 13.1. The van der Waals surface area contributed by atoms with Gasteiger partial charge in [0.15, 0.2) is 0 Å². The van der Waals surface area contributed by atoms with Gasteiger partial charge in [-0.15, -0.1) is 11.3 Å². The Morgan fingerprint density at radius 1 is 1.28 bits per heavy atom. The molecule has 0 radical (unpaired) electrons. The Bertz CT molecular complexity index is 361. The lowest BCUT2D eigenvalue weighted by molar-refractivity contribution is 0.149. The standard InChI is InChI=1S/C14H25N3S/c1-4-17(13-7-5-12(15)6-8-13)9-14-16-10(2)11(3)18-14/h12-13H,4-9,15H2,1-3H3. The van der Waals surface area contributed by atoms with Crippen LogP contribution in [0.1, 0.15) is 48.2 Å². The summed E-state index contributed by atoms with van der Waals surface area (Å²) in [5.74, 6) is 0. The second-order valence-electron chi connectivity index (χ2n) is 5.38. The van der Waals surface area contributed by atoms with Crippen molar-refractivity contribution in [1.82, 2.24) is 9.88 Å². The molecule has 1 aromatic rings. The van der Waals surface area contributed by atoms with E-state index in [4.69, 9.17) is 5.73 Å². The first-order valence-electron chi connectivity index (χ1n) is 7.02. The van der Waals surface area contributed by atoms with Gasteiger partial charge in [0.25, 0.3) is 0 Å². The molecule has 18 heavy (non-hydrogen) atoms. The van der Waals surface area contributed by atoms with E-state index in [0.717, 1.165) is 13.1 Å². The molecular weight excluding hydrogens is 242 g/mol. The molecule has 1 aromatic heterocycles. The maximum Gasteiger partial charge on any atom is 0.107 e. The van der Waals surface area contributed by atoms with Gasteiger partial charge in [0.2, 0.25) is 0 Å². The lowest BCUT2D eigenvalue weighted by Gasteiger charge is -2.34. The summed E-state index contributed by atoms with van der Waals surface area (Å²) in [7, 11) is 0. The van der Waals surface area contributed by atoms with E-state index in [9.17, 15) is 0 Å². The molecule has 0 atom stereocenters. The van der Waals surface area contributed by atoms with Crippen LogP contribution in [-0.2, 0) is 6.54 Å². The van der Waals surface area contributed by atoms with Gasteiger partial charge in [-0.3, -0.25) is 4.90 Å². The molecule has 0 spiro atoms. The third kappa shape index (κ3) is 3.31. The van der Waals surface area contributed by atoms with Crippen LogP contribution in [0.3, 0.4) is 0 Å². The SMILES string of the molecule is CCN(Cc1nc(C)c(C)s1)C1CCC(N)CC1. The second-order valence-corrected chi connectivity index (χ2v) is 6.67. The Hall–Kier alpha value is -0.450. The smallest absolute Gasteiger partial charge is 0.107 e. The minimum Gasteiger partial charge on any atom is -0.328 e. The van der Waals surface area contributed by atoms with Crippen molar-refractivity contribution in [3.8, 4) is 0 Å². The maximum atomic E-state index is 5.99. The van der Waals surface area contributed by atoms with Crippen LogP contribution in [0.15, 0.2) is 0 Å². The van der Waals surface area contributed by atoms with Gasteiger partial charge in [0, 0.05) is 17.0 Å². The molecule has 0 aromatic carbocycles. The van der Waals surface area contributed by atoms with Crippen LogP contribution in [0.5, 0.6) is 0 Å². The fraction of sp³-hybridized carbons (Fsp3) is 0.786. The van der Waals surface area contributed by atoms with Gasteiger partial charge in [0.1, 0.15) is 5.01 Å². The number of hydrogen-bond donors (Lipinski definition) is 1. The van der Waals surface area contributed by atoms with E-state index < -0.39 is 0 Å². The molecule has 2 N–H and O–H groups in total. The summed E-state index contributed by atoms with van der Waals surface area (Å²) >= 11 is 1.85. The van der Waals surface area contributed by atoms with Crippen LogP contribution in [0.2, 0.25) is 0 Å². The van der Waals surface area contributed by atoms with E-state index in [2.05, 4.69) is 30.7 Å². The van der Waals surface area contributed by atoms with Crippen molar-refractivity contribution in [3.05, 3.63) is 15.6 Å². The van der Waals surface area contributed by atoms with E-state index in [1.807, 2.05) is 11.3 Å². The van der Waals surface area contributed by atoms with Gasteiger partial charge in [-0.05, 0) is 46.1 Å². The summed E-state index contributed by atoms with van der Waals surface area (Å²) in [6.07, 6.45) is 4.85. The Labute approximate surface area is 114 Å². The normalized spacial score (nSPS) is 24.7. The van der Waals surface area contributed by atoms with Gasteiger partial charge in [-0.2, -0.15) is 0 Å². The highest BCUT2D eigenvalue weighted by atomic mass is 32.1. The Morgan fingerprint density at radius 3 is 2.44 bits per heavy atom. The molecule has 1 aliphatic rings. The molecule has 2 rings (SSSR count). The monoisotopic (exact) mass is 267 g/mol. The van der Waals surface area contributed by atoms with Gasteiger partial charge < -0.3 is 5.73 Å². The number of rotatable bonds is 4. The molecule has 1 fully saturated rings. The zero-order valence-corrected chi connectivity index (χ0v) is 12.6. The van der Waals surface area contributed by atoms with Crippen molar-refractivity contribution >= 4 is 11.3 Å². The predicted octanol–water partition coefficient (Wildman–Crippen LogP) is 2.85. The summed E-state index contributed by atoms with van der Waals surface area (Å²) in [4.78, 5) is 8.59. The van der Waals surface area contributed by atoms with Gasteiger partial charge in [-0.25, -0.2) is 4.98 Å². The number of nitrogens with two attached hydrogens (primary N) is 1. The van der Waals surface area contributed by atoms with E-state index in [-0.39, 0.29) is 0 Å². The number of hydrogen-bond acceptors (Lipinski definition) is 4. The van der Waals surface area contributed by atoms with Crippen LogP contribution < -0.4 is 5.73 Å². The number of nitrogens with zero attached hydrogens (tertiary/aromatic N) is 2. The molecule has 102 valence electrons. The van der Waals surface area contributed by atoms with E-state index >= 15 is 0 Å². The van der Waals surface area contributed by atoms with Crippen molar-refractivity contribution in [3.63, 3.8) is 0 Å². The molecule has 0 unspecified atom stereocenters. The number of aryl methyl sites for hydroxylation is 2. The minimum atomic E-state index is 0.435. The van der Waals surface area contributed by atoms with Crippen molar-refractivity contribution in [1.29, 1.82) is 0 Å². The van der Waals surface area contributed by atoms with E-state index in [1.54, 1.807) is 0 Å². The van der Waals surface area contributed by atoms with Crippen molar-refractivity contribution < 1.29 is 0 Å². The largest absolute Gasteiger partial charge is 0.328 e. The molecular formula is C14H25N3S. The van der Waals surface area contributed by atoms with Gasteiger partial charge in [0.05, 0.1) is 12.2 Å². The molecule has 0 bridgehead atoms. The molecule has 0 saturated heterocycles. The lowest BCUT2D eigenvalue weighted by Crippen LogP contribution is -2.40. The second kappa shape index (κ2) is 6.13. The molecule has 4 heteroatoms. The van der Waals surface area contributed by atoms with Crippen LogP contribution in [-0.4, -0.2) is 28.5 Å². The molecule has 1 aliphatic carbocycles. The van der Waals surface area contributed by atoms with Crippen LogP contribution >= 0.6 is 11.3 Å². The van der Waals surface area contributed by atoms with Gasteiger partial charge in [-0.1, -0.05) is 6.92 Å². The average Bonchev–Trinajstić information content (AvgIpc) is 2.67. The predicted molar refractivity (Wildman–Crippen MR) is 77.9 cm³/mol. The molecule has 0 amide bonds. The first-order chi connectivity index (χ1) is 8.60. The topological polar surface area (TPSA) is 42.2 Å². The van der Waals surface area contributed by atoms with Crippen LogP contribution in [0, 0.1) is 13.8 Å². The van der Waals surface area contributed by atoms with Crippen molar-refractivity contribution in [2.75, 3.05) is 6.54 Å². The fourth-order valence-corrected chi connectivity index (χ4v) is 3.71. The van der Waals surface area contributed by atoms with Crippen LogP contribution in [0.4, 0.5) is 0 Å². The Morgan fingerprint density at radius 2 is 1.94 bits per heavy atom. The van der Waals surface area contributed by atoms with Crippen LogP contribution in [0.25, 0.3) is 0 Å². The Kier molecular flexibility index (Phi) is 4.76. The number of aromatic nitrogens is 1. The highest BCUT2D eigenvalue weighted by Gasteiger charge is 2.24. The third-order valence-electron chi connectivity index (χ3n) is 4.08. The maximum absolute atomic E-state index is 5.99. The first kappa shape index (κ1) is 14.0. The average molecular weight is 267 g/mol. The third-order valence-corrected chi connectivity index (χ3v) is 5.13. The highest BCUT2D eigenvalue weighted by molar-refractivity contribution is 7.11.